The van der Waals surface area contributed by atoms with Crippen LogP contribution in [0, 0.1) is 0 Å². The lowest BCUT2D eigenvalue weighted by atomic mass is 9.96. The van der Waals surface area contributed by atoms with Crippen LogP contribution in [0.5, 0.6) is 11.5 Å². The molecule has 0 saturated carbocycles. The predicted octanol–water partition coefficient (Wildman–Crippen LogP) is 6.26. The van der Waals surface area contributed by atoms with Crippen molar-refractivity contribution in [2.75, 3.05) is 0 Å². The van der Waals surface area contributed by atoms with Gasteiger partial charge in [-0.25, -0.2) is 0 Å². The Bertz CT molecular complexity index is 938. The summed E-state index contributed by atoms with van der Waals surface area (Å²) in [5, 5.41) is 0. The zero-order valence-corrected chi connectivity index (χ0v) is 15.5. The molecule has 5 heteroatoms. The van der Waals surface area contributed by atoms with E-state index in [2.05, 4.69) is 0 Å². The summed E-state index contributed by atoms with van der Waals surface area (Å²) in [5.74, 6) is 1.36. The molecule has 3 aromatic carbocycles. The summed E-state index contributed by atoms with van der Waals surface area (Å²) in [4.78, 5) is 0. The summed E-state index contributed by atoms with van der Waals surface area (Å²) in [6.45, 7) is 0. The smallest absolute Gasteiger partial charge is 0.386 e. The van der Waals surface area contributed by atoms with Gasteiger partial charge in [-0.15, -0.1) is 0 Å². The van der Waals surface area contributed by atoms with E-state index in [1.54, 1.807) is 48.5 Å². The average Bonchev–Trinajstić information content (AvgIpc) is 2.69. The molecule has 0 radical (unpaired) electrons. The highest BCUT2D eigenvalue weighted by molar-refractivity contribution is 7.49. The number of rotatable bonds is 6. The number of benzene rings is 3. The molecule has 1 aliphatic rings. The van der Waals surface area contributed by atoms with Crippen molar-refractivity contribution in [3.8, 4) is 11.5 Å². The highest BCUT2D eigenvalue weighted by Crippen LogP contribution is 2.53. The van der Waals surface area contributed by atoms with E-state index < -0.39 is 7.82 Å². The first kappa shape index (κ1) is 17.4. The average molecular weight is 378 g/mol. The van der Waals surface area contributed by atoms with Gasteiger partial charge in [0.1, 0.15) is 17.3 Å². The number of phosphoric ester groups is 1. The third-order valence-corrected chi connectivity index (χ3v) is 5.45. The van der Waals surface area contributed by atoms with Gasteiger partial charge < -0.3 is 13.6 Å². The van der Waals surface area contributed by atoms with E-state index in [-0.39, 0.29) is 0 Å². The van der Waals surface area contributed by atoms with Gasteiger partial charge >= 0.3 is 7.82 Å². The van der Waals surface area contributed by atoms with Crippen LogP contribution in [0.15, 0.2) is 91.0 Å². The standard InChI is InChI=1S/C22H19O4P/c23-27(24-19-12-3-1-4-13-19,25-20-14-5-2-6-15-20)26-22-17-9-11-18-10-7-8-16-21(18)22/h1-8,10,12-17H,9,11H2. The number of phosphoric acid groups is 1. The molecule has 0 bridgehead atoms. The highest BCUT2D eigenvalue weighted by atomic mass is 31.2. The van der Waals surface area contributed by atoms with Crippen LogP contribution in [0.4, 0.5) is 0 Å². The molecule has 0 amide bonds. The molecule has 0 atom stereocenters. The monoisotopic (exact) mass is 378 g/mol. The Morgan fingerprint density at radius 2 is 1.22 bits per heavy atom. The Morgan fingerprint density at radius 3 is 1.85 bits per heavy atom. The number of aryl methyl sites for hydroxylation is 1. The van der Waals surface area contributed by atoms with Gasteiger partial charge in [0.05, 0.1) is 0 Å². The SMILES string of the molecule is O=P(OC1=CCCc2ccccc21)(Oc1ccccc1)Oc1ccccc1. The van der Waals surface area contributed by atoms with E-state index in [0.717, 1.165) is 24.0 Å². The van der Waals surface area contributed by atoms with Crippen molar-refractivity contribution in [2.45, 2.75) is 12.8 Å². The molecule has 136 valence electrons. The molecule has 3 aromatic rings. The van der Waals surface area contributed by atoms with Gasteiger partial charge in [-0.05, 0) is 48.7 Å². The van der Waals surface area contributed by atoms with Crippen LogP contribution in [0.2, 0.25) is 0 Å². The molecule has 0 fully saturated rings. The van der Waals surface area contributed by atoms with Crippen molar-refractivity contribution < 1.29 is 18.1 Å². The summed E-state index contributed by atoms with van der Waals surface area (Å²) in [6.07, 6.45) is 3.66. The summed E-state index contributed by atoms with van der Waals surface area (Å²) in [7, 11) is -3.96. The van der Waals surface area contributed by atoms with E-state index in [9.17, 15) is 4.57 Å². The van der Waals surface area contributed by atoms with Crippen molar-refractivity contribution in [1.29, 1.82) is 0 Å². The van der Waals surface area contributed by atoms with E-state index in [1.165, 1.54) is 0 Å². The largest absolute Gasteiger partial charge is 0.647 e. The molecule has 0 unspecified atom stereocenters. The summed E-state index contributed by atoms with van der Waals surface area (Å²) < 4.78 is 30.8. The van der Waals surface area contributed by atoms with E-state index in [4.69, 9.17) is 13.6 Å². The topological polar surface area (TPSA) is 44.8 Å². The Morgan fingerprint density at radius 1 is 0.667 bits per heavy atom. The maximum atomic E-state index is 13.5. The van der Waals surface area contributed by atoms with Crippen LogP contribution >= 0.6 is 7.82 Å². The molecule has 27 heavy (non-hydrogen) atoms. The Labute approximate surface area is 158 Å². The van der Waals surface area contributed by atoms with Crippen molar-refractivity contribution in [3.63, 3.8) is 0 Å². The second-order valence-electron chi connectivity index (χ2n) is 6.11. The summed E-state index contributed by atoms with van der Waals surface area (Å²) >= 11 is 0. The fraction of sp³-hybridized carbons (Fsp3) is 0.0909. The van der Waals surface area contributed by atoms with Crippen LogP contribution < -0.4 is 9.05 Å². The maximum absolute atomic E-state index is 13.5. The zero-order chi connectivity index (χ0) is 18.5. The number of allylic oxidation sites excluding steroid dienone is 1. The normalized spacial score (nSPS) is 13.3. The lowest BCUT2D eigenvalue weighted by Crippen LogP contribution is -2.08. The molecule has 0 aromatic heterocycles. The lowest BCUT2D eigenvalue weighted by Gasteiger charge is -2.23. The molecule has 1 aliphatic carbocycles. The zero-order valence-electron chi connectivity index (χ0n) is 14.7. The molecular weight excluding hydrogens is 359 g/mol. The number of para-hydroxylation sites is 2. The third kappa shape index (κ3) is 4.24. The minimum atomic E-state index is -3.96. The van der Waals surface area contributed by atoms with E-state index in [0.29, 0.717) is 17.3 Å². The van der Waals surface area contributed by atoms with E-state index >= 15 is 0 Å². The molecule has 0 saturated heterocycles. The van der Waals surface area contributed by atoms with Gasteiger partial charge in [0, 0.05) is 5.56 Å². The van der Waals surface area contributed by atoms with Crippen molar-refractivity contribution in [3.05, 3.63) is 102 Å². The minimum absolute atomic E-state index is 0.418. The molecule has 0 heterocycles. The van der Waals surface area contributed by atoms with Crippen molar-refractivity contribution in [1.82, 2.24) is 0 Å². The molecular formula is C22H19O4P. The van der Waals surface area contributed by atoms with Crippen LogP contribution in [0.3, 0.4) is 0 Å². The molecule has 4 nitrogen and oxygen atoms in total. The molecule has 4 rings (SSSR count). The van der Waals surface area contributed by atoms with Gasteiger partial charge in [0.2, 0.25) is 0 Å². The quantitative estimate of drug-likeness (QED) is 0.475. The van der Waals surface area contributed by atoms with Gasteiger partial charge in [-0.1, -0.05) is 60.7 Å². The van der Waals surface area contributed by atoms with Crippen LogP contribution in [-0.2, 0) is 15.5 Å². The highest BCUT2D eigenvalue weighted by Gasteiger charge is 2.35. The lowest BCUT2D eigenvalue weighted by molar-refractivity contribution is 0.283. The van der Waals surface area contributed by atoms with Gasteiger partial charge in [-0.2, -0.15) is 4.57 Å². The third-order valence-electron chi connectivity index (χ3n) is 4.16. The maximum Gasteiger partial charge on any atom is 0.647 e. The van der Waals surface area contributed by atoms with Crippen molar-refractivity contribution >= 4 is 13.6 Å². The van der Waals surface area contributed by atoms with Crippen LogP contribution in [0.1, 0.15) is 17.5 Å². The minimum Gasteiger partial charge on any atom is -0.386 e. The second-order valence-corrected chi connectivity index (χ2v) is 7.55. The first-order valence-electron chi connectivity index (χ1n) is 8.79. The Kier molecular flexibility index (Phi) is 4.99. The number of hydrogen-bond acceptors (Lipinski definition) is 4. The second kappa shape index (κ2) is 7.73. The molecule has 0 aliphatic heterocycles. The molecule has 0 spiro atoms. The van der Waals surface area contributed by atoms with Gasteiger partial charge in [0.25, 0.3) is 0 Å². The fourth-order valence-corrected chi connectivity index (χ4v) is 4.22. The van der Waals surface area contributed by atoms with Crippen LogP contribution in [-0.4, -0.2) is 0 Å². The first-order valence-corrected chi connectivity index (χ1v) is 10.3. The van der Waals surface area contributed by atoms with Crippen molar-refractivity contribution in [2.24, 2.45) is 0 Å². The van der Waals surface area contributed by atoms with Crippen LogP contribution in [0.25, 0.3) is 5.76 Å². The fourth-order valence-electron chi connectivity index (χ4n) is 2.93. The predicted molar refractivity (Wildman–Crippen MR) is 106 cm³/mol. The Hall–Kier alpha value is -2.97. The summed E-state index contributed by atoms with van der Waals surface area (Å²) in [6, 6.07) is 25.7. The first-order chi connectivity index (χ1) is 13.2. The van der Waals surface area contributed by atoms with Gasteiger partial charge in [0.15, 0.2) is 0 Å². The Balaban J connectivity index is 1.65. The number of fused-ring (bicyclic) bond motifs is 1. The van der Waals surface area contributed by atoms with E-state index in [1.807, 2.05) is 42.5 Å². The summed E-state index contributed by atoms with van der Waals surface area (Å²) in [5.41, 5.74) is 2.07. The van der Waals surface area contributed by atoms with Gasteiger partial charge in [-0.3, -0.25) is 0 Å². The number of hydrogen-bond donors (Lipinski definition) is 0. The molecule has 0 N–H and O–H groups in total.